The Morgan fingerprint density at radius 2 is 1.35 bits per heavy atom. The Morgan fingerprint density at radius 1 is 0.950 bits per heavy atom. The molecule has 1 aromatic rings. The average Bonchev–Trinajstić information content (AvgIpc) is 2.47. The SMILES string of the molecule is C=Cc1ccccc1.O=C(O)C=CC(=O)O.OCCO. The van der Waals surface area contributed by atoms with E-state index >= 15 is 0 Å². The molecule has 1 rings (SSSR count). The first-order valence-corrected chi connectivity index (χ1v) is 5.51. The fourth-order valence-corrected chi connectivity index (χ4v) is 0.732. The van der Waals surface area contributed by atoms with Gasteiger partial charge in [-0.15, -0.1) is 0 Å². The second-order valence-electron chi connectivity index (χ2n) is 3.07. The first-order valence-electron chi connectivity index (χ1n) is 5.51. The summed E-state index contributed by atoms with van der Waals surface area (Å²) in [6.45, 7) is 3.38. The molecule has 0 radical (unpaired) electrons. The van der Waals surface area contributed by atoms with Crippen LogP contribution in [0.1, 0.15) is 5.56 Å². The van der Waals surface area contributed by atoms with Crippen LogP contribution in [-0.4, -0.2) is 45.6 Å². The van der Waals surface area contributed by atoms with Crippen LogP contribution in [0.2, 0.25) is 0 Å². The monoisotopic (exact) mass is 282 g/mol. The van der Waals surface area contributed by atoms with E-state index in [1.807, 2.05) is 36.4 Å². The standard InChI is InChI=1S/C8H8.C4H4O4.C2H6O2/c1-2-8-6-4-3-5-7-8;5-3(6)1-2-4(7)8;3-1-2-4/h2-7H,1H2;1-2H,(H,5,6)(H,7,8);3-4H,1-2H2. The third kappa shape index (κ3) is 17.9. The van der Waals surface area contributed by atoms with E-state index in [9.17, 15) is 9.59 Å². The van der Waals surface area contributed by atoms with Crippen molar-refractivity contribution in [2.75, 3.05) is 13.2 Å². The molecule has 0 aromatic heterocycles. The maximum Gasteiger partial charge on any atom is 0.328 e. The number of carbonyl (C=O) groups is 2. The minimum Gasteiger partial charge on any atom is -0.478 e. The molecule has 0 amide bonds. The molecule has 20 heavy (non-hydrogen) atoms. The maximum atomic E-state index is 9.55. The zero-order valence-corrected chi connectivity index (χ0v) is 10.8. The summed E-state index contributed by atoms with van der Waals surface area (Å²) < 4.78 is 0. The molecule has 0 bridgehead atoms. The number of aliphatic hydroxyl groups excluding tert-OH is 2. The van der Waals surface area contributed by atoms with Crippen molar-refractivity contribution in [3.63, 3.8) is 0 Å². The van der Waals surface area contributed by atoms with Crippen LogP contribution >= 0.6 is 0 Å². The summed E-state index contributed by atoms with van der Waals surface area (Å²) >= 11 is 0. The van der Waals surface area contributed by atoms with Crippen molar-refractivity contribution in [2.24, 2.45) is 0 Å². The minimum absolute atomic E-state index is 0.125. The van der Waals surface area contributed by atoms with Gasteiger partial charge in [0.05, 0.1) is 13.2 Å². The number of carboxylic acid groups (broad SMARTS) is 2. The highest BCUT2D eigenvalue weighted by Crippen LogP contribution is 1.97. The van der Waals surface area contributed by atoms with Crippen molar-refractivity contribution in [1.82, 2.24) is 0 Å². The lowest BCUT2D eigenvalue weighted by atomic mass is 10.2. The van der Waals surface area contributed by atoms with E-state index in [4.69, 9.17) is 20.4 Å². The van der Waals surface area contributed by atoms with E-state index < -0.39 is 11.9 Å². The number of carboxylic acids is 2. The smallest absolute Gasteiger partial charge is 0.328 e. The number of aliphatic carboxylic acids is 2. The molecule has 1 aromatic carbocycles. The van der Waals surface area contributed by atoms with Gasteiger partial charge < -0.3 is 20.4 Å². The van der Waals surface area contributed by atoms with E-state index in [1.165, 1.54) is 5.56 Å². The lowest BCUT2D eigenvalue weighted by molar-refractivity contribution is -0.134. The fourth-order valence-electron chi connectivity index (χ4n) is 0.732. The zero-order chi connectivity index (χ0) is 15.8. The van der Waals surface area contributed by atoms with E-state index in [2.05, 4.69) is 6.58 Å². The normalized spacial score (nSPS) is 8.70. The van der Waals surface area contributed by atoms with Gasteiger partial charge in [-0.3, -0.25) is 0 Å². The summed E-state index contributed by atoms with van der Waals surface area (Å²) in [7, 11) is 0. The van der Waals surface area contributed by atoms with Crippen molar-refractivity contribution in [1.29, 1.82) is 0 Å². The predicted molar refractivity (Wildman–Crippen MR) is 75.1 cm³/mol. The molecular formula is C14H18O6. The van der Waals surface area contributed by atoms with Gasteiger partial charge >= 0.3 is 11.9 Å². The maximum absolute atomic E-state index is 9.55. The van der Waals surface area contributed by atoms with Crippen LogP contribution in [0, 0.1) is 0 Å². The average molecular weight is 282 g/mol. The summed E-state index contributed by atoms with van der Waals surface area (Å²) in [5, 5.41) is 30.9. The Bertz CT molecular complexity index is 393. The number of aliphatic hydroxyl groups is 2. The van der Waals surface area contributed by atoms with Crippen LogP contribution in [0.3, 0.4) is 0 Å². The first kappa shape index (κ1) is 19.9. The lowest BCUT2D eigenvalue weighted by Crippen LogP contribution is -1.91. The molecule has 6 nitrogen and oxygen atoms in total. The molecule has 0 atom stereocenters. The molecule has 0 spiro atoms. The quantitative estimate of drug-likeness (QED) is 0.613. The Hall–Kier alpha value is -2.44. The van der Waals surface area contributed by atoms with Gasteiger partial charge in [0.2, 0.25) is 0 Å². The zero-order valence-electron chi connectivity index (χ0n) is 10.8. The second kappa shape index (κ2) is 14.6. The molecule has 0 fully saturated rings. The molecule has 110 valence electrons. The summed E-state index contributed by atoms with van der Waals surface area (Å²) in [4.78, 5) is 19.1. The summed E-state index contributed by atoms with van der Waals surface area (Å²) in [5.74, 6) is -2.51. The highest BCUT2D eigenvalue weighted by molar-refractivity contribution is 5.89. The van der Waals surface area contributed by atoms with Crippen LogP contribution in [0.4, 0.5) is 0 Å². The molecule has 0 aliphatic rings. The highest BCUT2D eigenvalue weighted by Gasteiger charge is 1.88. The van der Waals surface area contributed by atoms with Crippen LogP contribution in [0.15, 0.2) is 49.1 Å². The van der Waals surface area contributed by atoms with Crippen molar-refractivity contribution in [3.05, 3.63) is 54.6 Å². The number of rotatable bonds is 4. The Labute approximate surface area is 116 Å². The van der Waals surface area contributed by atoms with Crippen LogP contribution in [0.25, 0.3) is 6.08 Å². The molecule has 0 heterocycles. The highest BCUT2D eigenvalue weighted by atomic mass is 16.4. The van der Waals surface area contributed by atoms with Crippen molar-refractivity contribution >= 4 is 18.0 Å². The number of hydrogen-bond donors (Lipinski definition) is 4. The lowest BCUT2D eigenvalue weighted by Gasteiger charge is -1.85. The first-order chi connectivity index (χ1) is 9.47. The van der Waals surface area contributed by atoms with Gasteiger partial charge in [0, 0.05) is 12.2 Å². The molecule has 0 saturated heterocycles. The third-order valence-corrected chi connectivity index (χ3v) is 1.50. The van der Waals surface area contributed by atoms with E-state index in [-0.39, 0.29) is 13.2 Å². The van der Waals surface area contributed by atoms with Gasteiger partial charge in [-0.05, 0) is 5.56 Å². The minimum atomic E-state index is -1.26. The van der Waals surface area contributed by atoms with Gasteiger partial charge in [-0.25, -0.2) is 9.59 Å². The van der Waals surface area contributed by atoms with Crippen molar-refractivity contribution < 1.29 is 30.0 Å². The molecule has 0 unspecified atom stereocenters. The summed E-state index contributed by atoms with van der Waals surface area (Å²) in [6, 6.07) is 10.0. The Kier molecular flexibility index (Phi) is 14.5. The molecule has 6 heteroatoms. The summed E-state index contributed by atoms with van der Waals surface area (Å²) in [6.07, 6.45) is 2.95. The summed E-state index contributed by atoms with van der Waals surface area (Å²) in [5.41, 5.74) is 1.17. The van der Waals surface area contributed by atoms with Crippen molar-refractivity contribution in [3.8, 4) is 0 Å². The topological polar surface area (TPSA) is 115 Å². The van der Waals surface area contributed by atoms with E-state index in [0.29, 0.717) is 12.2 Å². The molecule has 0 aliphatic heterocycles. The molecule has 4 N–H and O–H groups in total. The van der Waals surface area contributed by atoms with E-state index in [1.54, 1.807) is 0 Å². The second-order valence-corrected chi connectivity index (χ2v) is 3.07. The van der Waals surface area contributed by atoms with Gasteiger partial charge in [0.1, 0.15) is 0 Å². The number of benzene rings is 1. The fraction of sp³-hybridized carbons (Fsp3) is 0.143. The van der Waals surface area contributed by atoms with Crippen LogP contribution in [0.5, 0.6) is 0 Å². The number of hydrogen-bond acceptors (Lipinski definition) is 4. The van der Waals surface area contributed by atoms with E-state index in [0.717, 1.165) is 0 Å². The van der Waals surface area contributed by atoms with Gasteiger partial charge in [0.15, 0.2) is 0 Å². The van der Waals surface area contributed by atoms with Crippen molar-refractivity contribution in [2.45, 2.75) is 0 Å². The Balaban J connectivity index is 0. The predicted octanol–water partition coefficient (Wildman–Crippen LogP) is 1.01. The Morgan fingerprint density at radius 3 is 1.55 bits per heavy atom. The molecule has 0 aliphatic carbocycles. The third-order valence-electron chi connectivity index (χ3n) is 1.50. The van der Waals surface area contributed by atoms with Gasteiger partial charge in [-0.2, -0.15) is 0 Å². The molecule has 0 saturated carbocycles. The van der Waals surface area contributed by atoms with Gasteiger partial charge in [-0.1, -0.05) is 43.0 Å². The van der Waals surface area contributed by atoms with Crippen LogP contribution < -0.4 is 0 Å². The van der Waals surface area contributed by atoms with Gasteiger partial charge in [0.25, 0.3) is 0 Å². The largest absolute Gasteiger partial charge is 0.478 e. The molecular weight excluding hydrogens is 264 g/mol. The van der Waals surface area contributed by atoms with Crippen LogP contribution in [-0.2, 0) is 9.59 Å².